The fourth-order valence-corrected chi connectivity index (χ4v) is 3.25. The van der Waals surface area contributed by atoms with Crippen LogP contribution in [-0.4, -0.2) is 32.2 Å². The number of halogens is 3. The van der Waals surface area contributed by atoms with Gasteiger partial charge in [0.25, 0.3) is 0 Å². The van der Waals surface area contributed by atoms with Gasteiger partial charge >= 0.3 is 6.36 Å². The summed E-state index contributed by atoms with van der Waals surface area (Å²) in [6, 6.07) is 8.68. The second kappa shape index (κ2) is 9.02. The van der Waals surface area contributed by atoms with Crippen LogP contribution >= 0.6 is 0 Å². The Balaban J connectivity index is 1.85. The fourth-order valence-electron chi connectivity index (χ4n) is 2.22. The van der Waals surface area contributed by atoms with Crippen LogP contribution in [0.2, 0.25) is 0 Å². The number of ether oxygens (including phenoxy) is 1. The third-order valence-corrected chi connectivity index (χ3v) is 5.00. The van der Waals surface area contributed by atoms with Gasteiger partial charge < -0.3 is 10.1 Å². The average molecular weight is 417 g/mol. The van der Waals surface area contributed by atoms with Crippen molar-refractivity contribution in [3.05, 3.63) is 54.4 Å². The van der Waals surface area contributed by atoms with Gasteiger partial charge in [-0.2, -0.15) is 0 Å². The number of hydrogen-bond acceptors (Lipinski definition) is 5. The second-order valence-corrected chi connectivity index (χ2v) is 7.48. The van der Waals surface area contributed by atoms with E-state index < -0.39 is 22.1 Å². The number of pyridine rings is 1. The predicted molar refractivity (Wildman–Crippen MR) is 93.7 cm³/mol. The molecule has 0 spiro atoms. The number of rotatable bonds is 8. The molecule has 0 unspecified atom stereocenters. The van der Waals surface area contributed by atoms with Gasteiger partial charge in [0.05, 0.1) is 16.6 Å². The molecule has 1 aromatic heterocycles. The van der Waals surface area contributed by atoms with Gasteiger partial charge in [-0.25, -0.2) is 13.1 Å². The van der Waals surface area contributed by atoms with Gasteiger partial charge in [0, 0.05) is 19.2 Å². The third kappa shape index (κ3) is 6.82. The molecule has 1 aromatic carbocycles. The van der Waals surface area contributed by atoms with Crippen molar-refractivity contribution in [2.45, 2.75) is 30.6 Å². The Morgan fingerprint density at radius 3 is 2.43 bits per heavy atom. The molecule has 0 aliphatic carbocycles. The number of sulfonamides is 1. The number of alkyl halides is 3. The highest BCUT2D eigenvalue weighted by molar-refractivity contribution is 7.89. The Morgan fingerprint density at radius 1 is 1.18 bits per heavy atom. The summed E-state index contributed by atoms with van der Waals surface area (Å²) in [5.74, 6) is -0.913. The largest absolute Gasteiger partial charge is 0.573 e. The van der Waals surface area contributed by atoms with E-state index in [4.69, 9.17) is 0 Å². The fraction of sp³-hybridized carbons (Fsp3) is 0.294. The monoisotopic (exact) mass is 417 g/mol. The number of carbonyl (C=O) groups excluding carboxylic acids is 1. The van der Waals surface area contributed by atoms with E-state index in [1.165, 1.54) is 0 Å². The van der Waals surface area contributed by atoms with Crippen LogP contribution in [0.3, 0.4) is 0 Å². The maximum absolute atomic E-state index is 12.1. The molecule has 1 amide bonds. The van der Waals surface area contributed by atoms with Crippen molar-refractivity contribution in [2.75, 3.05) is 6.54 Å². The van der Waals surface area contributed by atoms with Crippen LogP contribution < -0.4 is 14.8 Å². The van der Waals surface area contributed by atoms with E-state index in [0.29, 0.717) is 5.69 Å². The van der Waals surface area contributed by atoms with Crippen LogP contribution in [0.1, 0.15) is 25.1 Å². The van der Waals surface area contributed by atoms with Crippen LogP contribution in [0.15, 0.2) is 53.6 Å². The summed E-state index contributed by atoms with van der Waals surface area (Å²) in [5, 5.41) is 2.69. The molecule has 11 heteroatoms. The molecule has 0 saturated carbocycles. The first kappa shape index (κ1) is 21.6. The van der Waals surface area contributed by atoms with E-state index in [2.05, 4.69) is 19.8 Å². The number of nitrogens with one attached hydrogen (secondary N) is 2. The van der Waals surface area contributed by atoms with Crippen molar-refractivity contribution in [1.29, 1.82) is 0 Å². The molecule has 0 aliphatic heterocycles. The van der Waals surface area contributed by atoms with E-state index >= 15 is 0 Å². The topological polar surface area (TPSA) is 97.4 Å². The number of benzene rings is 1. The first-order chi connectivity index (χ1) is 13.1. The molecular weight excluding hydrogens is 399 g/mol. The number of nitrogens with zero attached hydrogens (tertiary/aromatic N) is 1. The van der Waals surface area contributed by atoms with Crippen LogP contribution in [0.4, 0.5) is 13.2 Å². The molecule has 1 atom stereocenters. The number of carbonyl (C=O) groups is 1. The Labute approximate surface area is 160 Å². The maximum atomic E-state index is 12.1. The molecule has 0 bridgehead atoms. The summed E-state index contributed by atoms with van der Waals surface area (Å²) in [6.07, 6.45) is -3.39. The predicted octanol–water partition coefficient (Wildman–Crippen LogP) is 2.53. The second-order valence-electron chi connectivity index (χ2n) is 5.71. The maximum Gasteiger partial charge on any atom is 0.573 e. The molecule has 2 N–H and O–H groups in total. The van der Waals surface area contributed by atoms with Gasteiger partial charge in [-0.15, -0.1) is 13.2 Å². The lowest BCUT2D eigenvalue weighted by Gasteiger charge is -2.13. The molecule has 0 fully saturated rings. The minimum atomic E-state index is -4.86. The summed E-state index contributed by atoms with van der Waals surface area (Å²) in [7, 11) is -3.98. The molecule has 7 nitrogen and oxygen atoms in total. The molecule has 0 radical (unpaired) electrons. The molecule has 2 aromatic rings. The summed E-state index contributed by atoms with van der Waals surface area (Å²) >= 11 is 0. The lowest BCUT2D eigenvalue weighted by atomic mass is 10.2. The Hall–Kier alpha value is -2.66. The molecule has 28 heavy (non-hydrogen) atoms. The molecule has 1 heterocycles. The van der Waals surface area contributed by atoms with E-state index in [1.807, 2.05) is 0 Å². The number of aromatic nitrogens is 1. The minimum absolute atomic E-state index is 0.119. The zero-order valence-electron chi connectivity index (χ0n) is 14.7. The molecule has 2 rings (SSSR count). The van der Waals surface area contributed by atoms with E-state index in [1.54, 1.807) is 31.3 Å². The van der Waals surface area contributed by atoms with Crippen molar-refractivity contribution in [3.8, 4) is 5.75 Å². The van der Waals surface area contributed by atoms with Gasteiger partial charge in [0.15, 0.2) is 0 Å². The van der Waals surface area contributed by atoms with E-state index in [-0.39, 0.29) is 29.8 Å². The van der Waals surface area contributed by atoms with Crippen LogP contribution in [-0.2, 0) is 14.8 Å². The van der Waals surface area contributed by atoms with Crippen molar-refractivity contribution in [2.24, 2.45) is 0 Å². The van der Waals surface area contributed by atoms with Crippen LogP contribution in [0.5, 0.6) is 5.75 Å². The molecule has 0 saturated heterocycles. The summed E-state index contributed by atoms with van der Waals surface area (Å²) in [6.45, 7) is 1.57. The summed E-state index contributed by atoms with van der Waals surface area (Å²) in [4.78, 5) is 15.8. The van der Waals surface area contributed by atoms with Gasteiger partial charge in [-0.05, 0) is 43.3 Å². The van der Waals surface area contributed by atoms with E-state index in [0.717, 1.165) is 24.3 Å². The highest BCUT2D eigenvalue weighted by Gasteiger charge is 2.31. The Morgan fingerprint density at radius 2 is 1.86 bits per heavy atom. The molecular formula is C17H18F3N3O4S. The van der Waals surface area contributed by atoms with E-state index in [9.17, 15) is 26.4 Å². The number of hydrogen-bond donors (Lipinski definition) is 2. The average Bonchev–Trinajstić information content (AvgIpc) is 2.61. The molecule has 0 aliphatic rings. The zero-order chi connectivity index (χ0) is 20.8. The normalized spacial score (nSPS) is 13.0. The zero-order valence-corrected chi connectivity index (χ0v) is 15.5. The SMILES string of the molecule is C[C@H](NC(=O)CCNS(=O)(=O)c1ccc(OC(F)(F)F)cc1)c1ccccn1. The van der Waals surface area contributed by atoms with Crippen LogP contribution in [0, 0.1) is 0 Å². The highest BCUT2D eigenvalue weighted by Crippen LogP contribution is 2.23. The van der Waals surface area contributed by atoms with Crippen molar-refractivity contribution >= 4 is 15.9 Å². The lowest BCUT2D eigenvalue weighted by molar-refractivity contribution is -0.274. The lowest BCUT2D eigenvalue weighted by Crippen LogP contribution is -2.32. The van der Waals surface area contributed by atoms with Gasteiger partial charge in [-0.3, -0.25) is 9.78 Å². The smallest absolute Gasteiger partial charge is 0.406 e. The number of amides is 1. The Bertz CT molecular complexity index is 888. The quantitative estimate of drug-likeness (QED) is 0.688. The first-order valence-corrected chi connectivity index (χ1v) is 9.61. The first-order valence-electron chi connectivity index (χ1n) is 8.12. The third-order valence-electron chi connectivity index (χ3n) is 3.52. The minimum Gasteiger partial charge on any atom is -0.406 e. The van der Waals surface area contributed by atoms with Gasteiger partial charge in [0.1, 0.15) is 5.75 Å². The van der Waals surface area contributed by atoms with Gasteiger partial charge in [-0.1, -0.05) is 6.07 Å². The standard InChI is InChI=1S/C17H18F3N3O4S/c1-12(15-4-2-3-10-21-15)23-16(24)9-11-22-28(25,26)14-7-5-13(6-8-14)27-17(18,19)20/h2-8,10,12,22H,9,11H2,1H3,(H,23,24)/t12-/m0/s1. The van der Waals surface area contributed by atoms with Gasteiger partial charge in [0.2, 0.25) is 15.9 Å². The van der Waals surface area contributed by atoms with Crippen LogP contribution in [0.25, 0.3) is 0 Å². The summed E-state index contributed by atoms with van der Waals surface area (Å²) < 4.78 is 66.5. The summed E-state index contributed by atoms with van der Waals surface area (Å²) in [5.41, 5.74) is 0.664. The van der Waals surface area contributed by atoms with Crippen molar-refractivity contribution < 1.29 is 31.1 Å². The van der Waals surface area contributed by atoms with Crippen molar-refractivity contribution in [3.63, 3.8) is 0 Å². The highest BCUT2D eigenvalue weighted by atomic mass is 32.2. The Kier molecular flexibility index (Phi) is 6.97. The molecule has 152 valence electrons. The van der Waals surface area contributed by atoms with Crippen molar-refractivity contribution in [1.82, 2.24) is 15.0 Å².